The molecule has 0 atom stereocenters. The number of sulfonamides is 1. The van der Waals surface area contributed by atoms with Gasteiger partial charge in [0.2, 0.25) is 16.8 Å². The van der Waals surface area contributed by atoms with E-state index in [2.05, 4.69) is 10.0 Å². The zero-order chi connectivity index (χ0) is 24.3. The van der Waals surface area contributed by atoms with Crippen LogP contribution in [-0.4, -0.2) is 21.1 Å². The highest BCUT2D eigenvalue weighted by Crippen LogP contribution is 2.34. The predicted molar refractivity (Wildman–Crippen MR) is 133 cm³/mol. The summed E-state index contributed by atoms with van der Waals surface area (Å²) in [6.45, 7) is 0.395. The molecular formula is C27H22N2O5S. The lowest BCUT2D eigenvalue weighted by Gasteiger charge is -2.09. The van der Waals surface area contributed by atoms with Crippen LogP contribution in [0.4, 0.5) is 5.69 Å². The molecule has 1 heterocycles. The van der Waals surface area contributed by atoms with Crippen LogP contribution >= 0.6 is 0 Å². The number of carbonyl (C=O) groups is 1. The van der Waals surface area contributed by atoms with Crippen molar-refractivity contribution >= 4 is 21.6 Å². The number of nitrogens with one attached hydrogen (secondary N) is 2. The van der Waals surface area contributed by atoms with Crippen LogP contribution in [0.2, 0.25) is 0 Å². The van der Waals surface area contributed by atoms with Crippen molar-refractivity contribution in [3.8, 4) is 22.6 Å². The number of anilines is 1. The lowest BCUT2D eigenvalue weighted by molar-refractivity contribution is 0.102. The fraction of sp³-hybridized carbons (Fsp3) is 0.0741. The number of hydrogen-bond donors (Lipinski definition) is 2. The van der Waals surface area contributed by atoms with Crippen molar-refractivity contribution in [2.24, 2.45) is 0 Å². The summed E-state index contributed by atoms with van der Waals surface area (Å²) in [6.07, 6.45) is 0. The topological polar surface area (TPSA) is 93.7 Å². The average Bonchev–Trinajstić information content (AvgIpc) is 3.36. The molecule has 35 heavy (non-hydrogen) atoms. The van der Waals surface area contributed by atoms with Gasteiger partial charge >= 0.3 is 0 Å². The molecule has 2 N–H and O–H groups in total. The second kappa shape index (κ2) is 9.61. The number of carbonyl (C=O) groups excluding carboxylic acids is 1. The van der Waals surface area contributed by atoms with Gasteiger partial charge in [0, 0.05) is 23.9 Å². The molecule has 1 aliphatic heterocycles. The molecule has 5 rings (SSSR count). The van der Waals surface area contributed by atoms with E-state index in [1.165, 1.54) is 0 Å². The molecule has 0 aliphatic carbocycles. The number of rotatable bonds is 7. The quantitative estimate of drug-likeness (QED) is 0.391. The summed E-state index contributed by atoms with van der Waals surface area (Å²) in [4.78, 5) is 12.8. The van der Waals surface area contributed by atoms with Gasteiger partial charge in [-0.1, -0.05) is 54.6 Å². The number of amides is 1. The Hall–Kier alpha value is -4.14. The fourth-order valence-electron chi connectivity index (χ4n) is 3.68. The average molecular weight is 487 g/mol. The molecule has 0 radical (unpaired) electrons. The summed E-state index contributed by atoms with van der Waals surface area (Å²) in [5.74, 6) is 0.998. The third kappa shape index (κ3) is 5.18. The first kappa shape index (κ1) is 22.6. The summed E-state index contributed by atoms with van der Waals surface area (Å²) < 4.78 is 38.5. The van der Waals surface area contributed by atoms with Crippen LogP contribution in [0, 0.1) is 0 Å². The Balaban J connectivity index is 1.24. The van der Waals surface area contributed by atoms with Crippen molar-refractivity contribution in [3.05, 3.63) is 108 Å². The molecule has 1 amide bonds. The van der Waals surface area contributed by atoms with Crippen molar-refractivity contribution in [2.45, 2.75) is 11.4 Å². The molecule has 0 saturated heterocycles. The fourth-order valence-corrected chi connectivity index (χ4v) is 4.69. The highest BCUT2D eigenvalue weighted by atomic mass is 32.2. The maximum absolute atomic E-state index is 12.6. The molecule has 0 aromatic heterocycles. The molecule has 0 bridgehead atoms. The first-order valence-electron chi connectivity index (χ1n) is 10.9. The second-order valence-corrected chi connectivity index (χ2v) is 9.70. The van der Waals surface area contributed by atoms with E-state index in [1.54, 1.807) is 54.6 Å². The summed E-state index contributed by atoms with van der Waals surface area (Å²) >= 11 is 0. The number of fused-ring (bicyclic) bond motifs is 1. The van der Waals surface area contributed by atoms with Gasteiger partial charge in [0.15, 0.2) is 11.5 Å². The Bertz CT molecular complexity index is 1450. The van der Waals surface area contributed by atoms with Crippen LogP contribution in [0.15, 0.2) is 102 Å². The second-order valence-electron chi connectivity index (χ2n) is 7.93. The van der Waals surface area contributed by atoms with E-state index in [4.69, 9.17) is 9.47 Å². The van der Waals surface area contributed by atoms with Crippen molar-refractivity contribution in [1.29, 1.82) is 0 Å². The lowest BCUT2D eigenvalue weighted by atomic mass is 10.0. The Morgan fingerprint density at radius 3 is 2.14 bits per heavy atom. The van der Waals surface area contributed by atoms with Crippen LogP contribution < -0.4 is 19.5 Å². The van der Waals surface area contributed by atoms with E-state index < -0.39 is 10.0 Å². The lowest BCUT2D eigenvalue weighted by Crippen LogP contribution is -2.23. The number of hydrogen-bond acceptors (Lipinski definition) is 5. The highest BCUT2D eigenvalue weighted by molar-refractivity contribution is 7.89. The van der Waals surface area contributed by atoms with E-state index in [0.717, 1.165) is 16.7 Å². The van der Waals surface area contributed by atoms with E-state index >= 15 is 0 Å². The van der Waals surface area contributed by atoms with Crippen molar-refractivity contribution in [2.75, 3.05) is 12.1 Å². The first-order chi connectivity index (χ1) is 17.0. The standard InChI is InChI=1S/C27H22N2O5S/c30-27(29-23-12-15-25-26(16-23)34-18-33-25)22-8-6-20(7-9-22)21-10-13-24(14-11-21)35(31,32)28-17-19-4-2-1-3-5-19/h1-16,28H,17-18H2,(H,29,30). The smallest absolute Gasteiger partial charge is 0.255 e. The Labute approximate surface area is 203 Å². The Morgan fingerprint density at radius 2 is 1.43 bits per heavy atom. The van der Waals surface area contributed by atoms with Gasteiger partial charge in [-0.15, -0.1) is 0 Å². The minimum Gasteiger partial charge on any atom is -0.454 e. The van der Waals surface area contributed by atoms with Crippen molar-refractivity contribution in [1.82, 2.24) is 4.72 Å². The molecular weight excluding hydrogens is 464 g/mol. The van der Waals surface area contributed by atoms with Gasteiger partial charge < -0.3 is 14.8 Å². The number of benzene rings is 4. The van der Waals surface area contributed by atoms with Gasteiger partial charge in [-0.3, -0.25) is 4.79 Å². The van der Waals surface area contributed by atoms with E-state index in [9.17, 15) is 13.2 Å². The molecule has 0 fully saturated rings. The number of ether oxygens (including phenoxy) is 2. The summed E-state index contributed by atoms with van der Waals surface area (Å²) in [5.41, 5.74) is 3.70. The molecule has 1 aliphatic rings. The van der Waals surface area contributed by atoms with Crippen LogP contribution in [-0.2, 0) is 16.6 Å². The summed E-state index contributed by atoms with van der Waals surface area (Å²) in [6, 6.07) is 28.3. The zero-order valence-corrected chi connectivity index (χ0v) is 19.4. The molecule has 176 valence electrons. The van der Waals surface area contributed by atoms with Gasteiger partial charge in [-0.05, 0) is 53.1 Å². The minimum absolute atomic E-state index is 0.172. The predicted octanol–water partition coefficient (Wildman–Crippen LogP) is 4.81. The van der Waals surface area contributed by atoms with E-state index in [1.807, 2.05) is 42.5 Å². The molecule has 4 aromatic carbocycles. The SMILES string of the molecule is O=C(Nc1ccc2c(c1)OCO2)c1ccc(-c2ccc(S(=O)(=O)NCc3ccccc3)cc2)cc1. The maximum atomic E-state index is 12.6. The molecule has 7 nitrogen and oxygen atoms in total. The minimum atomic E-state index is -3.63. The monoisotopic (exact) mass is 486 g/mol. The first-order valence-corrected chi connectivity index (χ1v) is 12.4. The molecule has 8 heteroatoms. The zero-order valence-electron chi connectivity index (χ0n) is 18.6. The van der Waals surface area contributed by atoms with Crippen LogP contribution in [0.25, 0.3) is 11.1 Å². The normalized spacial score (nSPS) is 12.3. The summed E-state index contributed by atoms with van der Waals surface area (Å²) in [7, 11) is -3.63. The van der Waals surface area contributed by atoms with Crippen molar-refractivity contribution in [3.63, 3.8) is 0 Å². The third-order valence-corrected chi connectivity index (χ3v) is 7.00. The van der Waals surface area contributed by atoms with Gasteiger partial charge in [-0.2, -0.15) is 0 Å². The largest absolute Gasteiger partial charge is 0.454 e. The van der Waals surface area contributed by atoms with Gasteiger partial charge in [0.05, 0.1) is 4.90 Å². The van der Waals surface area contributed by atoms with E-state index in [0.29, 0.717) is 22.7 Å². The molecule has 4 aromatic rings. The van der Waals surface area contributed by atoms with Gasteiger partial charge in [0.25, 0.3) is 5.91 Å². The molecule has 0 unspecified atom stereocenters. The van der Waals surface area contributed by atoms with Gasteiger partial charge in [-0.25, -0.2) is 13.1 Å². The molecule has 0 saturated carbocycles. The Morgan fingerprint density at radius 1 is 0.771 bits per heavy atom. The van der Waals surface area contributed by atoms with Crippen LogP contribution in [0.5, 0.6) is 11.5 Å². The Kier molecular flexibility index (Phi) is 6.22. The van der Waals surface area contributed by atoms with E-state index in [-0.39, 0.29) is 24.1 Å². The van der Waals surface area contributed by atoms with Gasteiger partial charge in [0.1, 0.15) is 0 Å². The van der Waals surface area contributed by atoms with Crippen LogP contribution in [0.1, 0.15) is 15.9 Å². The maximum Gasteiger partial charge on any atom is 0.255 e. The van der Waals surface area contributed by atoms with Crippen molar-refractivity contribution < 1.29 is 22.7 Å². The summed E-state index contributed by atoms with van der Waals surface area (Å²) in [5, 5.41) is 2.85. The molecule has 0 spiro atoms. The third-order valence-electron chi connectivity index (χ3n) is 5.58. The van der Waals surface area contributed by atoms with Crippen LogP contribution in [0.3, 0.4) is 0 Å². The highest BCUT2D eigenvalue weighted by Gasteiger charge is 2.16.